The van der Waals surface area contributed by atoms with Crippen LogP contribution in [0.3, 0.4) is 0 Å². The van der Waals surface area contributed by atoms with E-state index < -0.39 is 11.7 Å². The lowest BCUT2D eigenvalue weighted by atomic mass is 10.1. The number of carbonyl (C=O) groups is 1. The highest BCUT2D eigenvalue weighted by Gasteiger charge is 2.31. The van der Waals surface area contributed by atoms with Gasteiger partial charge in [-0.15, -0.1) is 0 Å². The van der Waals surface area contributed by atoms with E-state index in [-0.39, 0.29) is 28.1 Å². The number of benzene rings is 1. The SMILES string of the molecule is O=C(c1cnc(Nc2cc(C(F)(F)F)ccc2Cl)cn1)N1CCCCC1. The van der Waals surface area contributed by atoms with Crippen LogP contribution in [-0.4, -0.2) is 33.9 Å². The molecule has 0 atom stereocenters. The summed E-state index contributed by atoms with van der Waals surface area (Å²) in [6.07, 6.45) is 1.17. The first-order valence-electron chi connectivity index (χ1n) is 8.10. The van der Waals surface area contributed by atoms with E-state index in [1.54, 1.807) is 4.90 Å². The van der Waals surface area contributed by atoms with Crippen LogP contribution in [0.2, 0.25) is 5.02 Å². The fraction of sp³-hybridized carbons (Fsp3) is 0.353. The van der Waals surface area contributed by atoms with Gasteiger partial charge in [-0.2, -0.15) is 13.2 Å². The maximum atomic E-state index is 12.8. The molecule has 0 bridgehead atoms. The maximum absolute atomic E-state index is 12.8. The van der Waals surface area contributed by atoms with E-state index >= 15 is 0 Å². The second kappa shape index (κ2) is 7.49. The van der Waals surface area contributed by atoms with Crippen LogP contribution in [-0.2, 0) is 6.18 Å². The first kappa shape index (κ1) is 18.4. The van der Waals surface area contributed by atoms with Gasteiger partial charge < -0.3 is 10.2 Å². The second-order valence-electron chi connectivity index (χ2n) is 5.96. The van der Waals surface area contributed by atoms with E-state index in [0.717, 1.165) is 37.5 Å². The van der Waals surface area contributed by atoms with Crippen molar-refractivity contribution < 1.29 is 18.0 Å². The van der Waals surface area contributed by atoms with Crippen molar-refractivity contribution in [2.24, 2.45) is 0 Å². The van der Waals surface area contributed by atoms with Gasteiger partial charge in [-0.25, -0.2) is 9.97 Å². The van der Waals surface area contributed by atoms with Gasteiger partial charge in [-0.05, 0) is 37.5 Å². The Balaban J connectivity index is 1.74. The van der Waals surface area contributed by atoms with Crippen LogP contribution in [0.5, 0.6) is 0 Å². The minimum Gasteiger partial charge on any atom is -0.338 e. The number of piperidine rings is 1. The predicted octanol–water partition coefficient (Wildman–Crippen LogP) is 4.52. The van der Waals surface area contributed by atoms with Crippen molar-refractivity contribution in [3.8, 4) is 0 Å². The largest absolute Gasteiger partial charge is 0.416 e. The Labute approximate surface area is 153 Å². The lowest BCUT2D eigenvalue weighted by Crippen LogP contribution is -2.36. The number of alkyl halides is 3. The highest BCUT2D eigenvalue weighted by molar-refractivity contribution is 6.33. The lowest BCUT2D eigenvalue weighted by Gasteiger charge is -2.26. The van der Waals surface area contributed by atoms with Crippen LogP contribution >= 0.6 is 11.6 Å². The number of amides is 1. The van der Waals surface area contributed by atoms with Gasteiger partial charge >= 0.3 is 6.18 Å². The van der Waals surface area contributed by atoms with Gasteiger partial charge in [0.25, 0.3) is 5.91 Å². The maximum Gasteiger partial charge on any atom is 0.416 e. The minimum atomic E-state index is -4.47. The molecular weight excluding hydrogens is 369 g/mol. The van der Waals surface area contributed by atoms with Gasteiger partial charge in [0.1, 0.15) is 11.5 Å². The highest BCUT2D eigenvalue weighted by atomic mass is 35.5. The molecule has 26 heavy (non-hydrogen) atoms. The van der Waals surface area contributed by atoms with Gasteiger partial charge in [-0.3, -0.25) is 4.79 Å². The summed E-state index contributed by atoms with van der Waals surface area (Å²) in [6, 6.07) is 2.96. The van der Waals surface area contributed by atoms with Crippen molar-refractivity contribution in [3.05, 3.63) is 46.9 Å². The summed E-state index contributed by atoms with van der Waals surface area (Å²) in [5.41, 5.74) is -0.562. The number of hydrogen-bond acceptors (Lipinski definition) is 4. The summed E-state index contributed by atoms with van der Waals surface area (Å²) in [5.74, 6) is 0.00210. The zero-order valence-electron chi connectivity index (χ0n) is 13.7. The first-order valence-corrected chi connectivity index (χ1v) is 8.47. The molecular formula is C17H16ClF3N4O. The molecule has 3 rings (SSSR count). The number of halogens is 4. The highest BCUT2D eigenvalue weighted by Crippen LogP contribution is 2.34. The number of likely N-dealkylation sites (tertiary alicyclic amines) is 1. The molecule has 1 aromatic heterocycles. The van der Waals surface area contributed by atoms with Gasteiger partial charge in [0.15, 0.2) is 0 Å². The van der Waals surface area contributed by atoms with Crippen LogP contribution in [0.4, 0.5) is 24.7 Å². The fourth-order valence-electron chi connectivity index (χ4n) is 2.70. The minimum absolute atomic E-state index is 0.0610. The van der Waals surface area contributed by atoms with Gasteiger partial charge in [0, 0.05) is 13.1 Å². The first-order chi connectivity index (χ1) is 12.3. The monoisotopic (exact) mass is 384 g/mol. The van der Waals surface area contributed by atoms with Gasteiger partial charge in [0.05, 0.1) is 28.7 Å². The molecule has 1 aliphatic heterocycles. The van der Waals surface area contributed by atoms with Crippen molar-refractivity contribution in [2.45, 2.75) is 25.4 Å². The Morgan fingerprint density at radius 1 is 1.12 bits per heavy atom. The van der Waals surface area contributed by atoms with Crippen molar-refractivity contribution in [3.63, 3.8) is 0 Å². The molecule has 1 aliphatic rings. The number of rotatable bonds is 3. The summed E-state index contributed by atoms with van der Waals surface area (Å²) in [6.45, 7) is 1.39. The van der Waals surface area contributed by atoms with E-state index in [4.69, 9.17) is 11.6 Å². The molecule has 2 aromatic rings. The quantitative estimate of drug-likeness (QED) is 0.845. The van der Waals surface area contributed by atoms with E-state index in [2.05, 4.69) is 15.3 Å². The Morgan fingerprint density at radius 3 is 2.46 bits per heavy atom. The smallest absolute Gasteiger partial charge is 0.338 e. The van der Waals surface area contributed by atoms with Crippen molar-refractivity contribution in [1.29, 1.82) is 0 Å². The fourth-order valence-corrected chi connectivity index (χ4v) is 2.86. The Hall–Kier alpha value is -2.35. The molecule has 0 unspecified atom stereocenters. The molecule has 0 aliphatic carbocycles. The second-order valence-corrected chi connectivity index (χ2v) is 6.36. The number of carbonyl (C=O) groups excluding carboxylic acids is 1. The lowest BCUT2D eigenvalue weighted by molar-refractivity contribution is -0.137. The van der Waals surface area contributed by atoms with E-state index in [0.29, 0.717) is 13.1 Å². The zero-order valence-corrected chi connectivity index (χ0v) is 14.4. The molecule has 0 saturated carbocycles. The topological polar surface area (TPSA) is 58.1 Å². The average Bonchev–Trinajstić information content (AvgIpc) is 2.63. The van der Waals surface area contributed by atoms with E-state index in [9.17, 15) is 18.0 Å². The molecule has 2 heterocycles. The van der Waals surface area contributed by atoms with Gasteiger partial charge in [0.2, 0.25) is 0 Å². The van der Waals surface area contributed by atoms with Crippen molar-refractivity contribution in [1.82, 2.24) is 14.9 Å². The Bertz CT molecular complexity index is 790. The summed E-state index contributed by atoms with van der Waals surface area (Å²) >= 11 is 5.94. The van der Waals surface area contributed by atoms with Gasteiger partial charge in [-0.1, -0.05) is 11.6 Å². The van der Waals surface area contributed by atoms with Crippen LogP contribution in [0.1, 0.15) is 35.3 Å². The van der Waals surface area contributed by atoms with Crippen LogP contribution < -0.4 is 5.32 Å². The Morgan fingerprint density at radius 2 is 1.85 bits per heavy atom. The van der Waals surface area contributed by atoms with E-state index in [1.807, 2.05) is 0 Å². The summed E-state index contributed by atoms with van der Waals surface area (Å²) < 4.78 is 38.4. The molecule has 0 spiro atoms. The Kier molecular flexibility index (Phi) is 5.31. The molecule has 5 nitrogen and oxygen atoms in total. The molecule has 1 fully saturated rings. The summed E-state index contributed by atoms with van der Waals surface area (Å²) in [5, 5.41) is 2.82. The van der Waals surface area contributed by atoms with Crippen LogP contribution in [0.15, 0.2) is 30.6 Å². The summed E-state index contributed by atoms with van der Waals surface area (Å²) in [4.78, 5) is 22.2. The number of aromatic nitrogens is 2. The van der Waals surface area contributed by atoms with Crippen LogP contribution in [0, 0.1) is 0 Å². The standard InChI is InChI=1S/C17H16ClF3N4O/c18-12-5-4-11(17(19,20)21)8-13(12)24-15-10-22-14(9-23-15)16(26)25-6-2-1-3-7-25/h4-5,8-10H,1-3,6-7H2,(H,23,24). The molecule has 1 saturated heterocycles. The third kappa shape index (κ3) is 4.24. The molecule has 138 valence electrons. The number of anilines is 2. The summed E-state index contributed by atoms with van der Waals surface area (Å²) in [7, 11) is 0. The van der Waals surface area contributed by atoms with Crippen molar-refractivity contribution in [2.75, 3.05) is 18.4 Å². The normalized spacial score (nSPS) is 15.0. The van der Waals surface area contributed by atoms with E-state index in [1.165, 1.54) is 12.4 Å². The third-order valence-electron chi connectivity index (χ3n) is 4.07. The zero-order chi connectivity index (χ0) is 18.7. The molecule has 1 N–H and O–H groups in total. The molecule has 9 heteroatoms. The predicted molar refractivity (Wildman–Crippen MR) is 91.5 cm³/mol. The van der Waals surface area contributed by atoms with Crippen molar-refractivity contribution >= 4 is 29.0 Å². The number of nitrogens with zero attached hydrogens (tertiary/aromatic N) is 3. The average molecular weight is 385 g/mol. The van der Waals surface area contributed by atoms with Crippen LogP contribution in [0.25, 0.3) is 0 Å². The number of hydrogen-bond donors (Lipinski definition) is 1. The number of nitrogens with one attached hydrogen (secondary N) is 1. The molecule has 0 radical (unpaired) electrons. The third-order valence-corrected chi connectivity index (χ3v) is 4.40. The molecule has 1 aromatic carbocycles. The molecule has 1 amide bonds.